The molecule has 0 bridgehead atoms. The van der Waals surface area contributed by atoms with Gasteiger partial charge < -0.3 is 10.2 Å². The largest absolute Gasteiger partial charge is 0.394 e. The second-order valence-electron chi connectivity index (χ2n) is 4.35. The maximum Gasteiger partial charge on any atom is 0.0770 e. The molecular formula is C12H24O2S2. The Morgan fingerprint density at radius 3 is 2.44 bits per heavy atom. The number of aliphatic hydroxyl groups is 2. The van der Waals surface area contributed by atoms with Crippen LogP contribution >= 0.6 is 23.5 Å². The van der Waals surface area contributed by atoms with E-state index in [4.69, 9.17) is 10.2 Å². The molecular weight excluding hydrogens is 240 g/mol. The van der Waals surface area contributed by atoms with Crippen LogP contribution in [-0.2, 0) is 0 Å². The van der Waals surface area contributed by atoms with Crippen molar-refractivity contribution in [3.05, 3.63) is 0 Å². The smallest absolute Gasteiger partial charge is 0.0770 e. The van der Waals surface area contributed by atoms with E-state index in [0.29, 0.717) is 0 Å². The lowest BCUT2D eigenvalue weighted by Crippen LogP contribution is -2.11. The van der Waals surface area contributed by atoms with Crippen LogP contribution in [0, 0.1) is 0 Å². The Hall–Kier alpha value is 0.620. The first-order valence-corrected chi connectivity index (χ1v) is 8.45. The van der Waals surface area contributed by atoms with Crippen molar-refractivity contribution in [2.75, 3.05) is 18.1 Å². The van der Waals surface area contributed by atoms with Gasteiger partial charge in [0.2, 0.25) is 0 Å². The van der Waals surface area contributed by atoms with Crippen molar-refractivity contribution >= 4 is 23.5 Å². The Balaban J connectivity index is 1.84. The maximum atomic E-state index is 9.16. The summed E-state index contributed by atoms with van der Waals surface area (Å²) in [6, 6.07) is 0. The van der Waals surface area contributed by atoms with Gasteiger partial charge in [-0.15, -0.1) is 23.5 Å². The van der Waals surface area contributed by atoms with E-state index >= 15 is 0 Å². The quantitative estimate of drug-likeness (QED) is 0.661. The molecule has 2 N–H and O–H groups in total. The minimum absolute atomic E-state index is 0.0879. The summed E-state index contributed by atoms with van der Waals surface area (Å²) in [5, 5.41) is 17.8. The fourth-order valence-corrected chi connectivity index (χ4v) is 4.80. The summed E-state index contributed by atoms with van der Waals surface area (Å²) in [7, 11) is 0. The average molecular weight is 264 g/mol. The van der Waals surface area contributed by atoms with E-state index in [1.807, 2.05) is 0 Å². The molecule has 0 aliphatic carbocycles. The highest BCUT2D eigenvalue weighted by Crippen LogP contribution is 2.34. The highest BCUT2D eigenvalue weighted by molar-refractivity contribution is 8.17. The lowest BCUT2D eigenvalue weighted by molar-refractivity contribution is 0.0860. The molecule has 1 heterocycles. The van der Waals surface area contributed by atoms with Gasteiger partial charge >= 0.3 is 0 Å². The molecule has 1 saturated heterocycles. The Morgan fingerprint density at radius 2 is 1.75 bits per heavy atom. The number of hydrogen-bond acceptors (Lipinski definition) is 4. The zero-order chi connectivity index (χ0) is 11.6. The Bertz CT molecular complexity index is 161. The van der Waals surface area contributed by atoms with Crippen molar-refractivity contribution in [3.8, 4) is 0 Å². The summed E-state index contributed by atoms with van der Waals surface area (Å²) in [4.78, 5) is 0. The first-order chi connectivity index (χ1) is 7.83. The fraction of sp³-hybridized carbons (Fsp3) is 1.00. The van der Waals surface area contributed by atoms with Crippen molar-refractivity contribution in [2.45, 2.75) is 55.6 Å². The molecule has 1 rings (SSSR count). The third-order valence-electron chi connectivity index (χ3n) is 2.83. The second kappa shape index (κ2) is 9.63. The zero-order valence-corrected chi connectivity index (χ0v) is 11.6. The first kappa shape index (κ1) is 14.7. The monoisotopic (exact) mass is 264 g/mol. The van der Waals surface area contributed by atoms with Gasteiger partial charge in [-0.05, 0) is 30.8 Å². The summed E-state index contributed by atoms with van der Waals surface area (Å²) in [5.74, 6) is 2.70. The molecule has 1 fully saturated rings. The van der Waals surface area contributed by atoms with Crippen molar-refractivity contribution in [1.29, 1.82) is 0 Å². The molecule has 1 aliphatic rings. The van der Waals surface area contributed by atoms with Crippen LogP contribution in [0.2, 0.25) is 0 Å². The SMILES string of the molecule is OC[C@@H](O)CCCCCCC1SCCCS1. The summed E-state index contributed by atoms with van der Waals surface area (Å²) in [5.41, 5.74) is 0. The van der Waals surface area contributed by atoms with Gasteiger partial charge in [-0.2, -0.15) is 0 Å². The van der Waals surface area contributed by atoms with Crippen LogP contribution in [0.1, 0.15) is 44.9 Å². The van der Waals surface area contributed by atoms with E-state index in [2.05, 4.69) is 23.5 Å². The number of hydrogen-bond donors (Lipinski definition) is 2. The maximum absolute atomic E-state index is 9.16. The average Bonchev–Trinajstić information content (AvgIpc) is 2.34. The van der Waals surface area contributed by atoms with Gasteiger partial charge in [-0.3, -0.25) is 0 Å². The Morgan fingerprint density at radius 1 is 1.06 bits per heavy atom. The standard InChI is InChI=1S/C12H24O2S2/c13-10-11(14)6-3-1-2-4-7-12-15-8-5-9-16-12/h11-14H,1-10H2/t11-/m0/s1. The minimum atomic E-state index is -0.496. The number of rotatable bonds is 8. The fourth-order valence-electron chi connectivity index (χ4n) is 1.84. The molecule has 0 amide bonds. The molecule has 2 nitrogen and oxygen atoms in total. The molecule has 16 heavy (non-hydrogen) atoms. The molecule has 4 heteroatoms. The summed E-state index contributed by atoms with van der Waals surface area (Å²) < 4.78 is 0.844. The van der Waals surface area contributed by atoms with Crippen LogP contribution in [0.5, 0.6) is 0 Å². The van der Waals surface area contributed by atoms with Gasteiger partial charge in [0, 0.05) is 0 Å². The third kappa shape index (κ3) is 7.05. The molecule has 0 unspecified atom stereocenters. The number of unbranched alkanes of at least 4 members (excludes halogenated alkanes) is 3. The van der Waals surface area contributed by atoms with Crippen LogP contribution in [0.25, 0.3) is 0 Å². The van der Waals surface area contributed by atoms with E-state index in [1.54, 1.807) is 0 Å². The topological polar surface area (TPSA) is 40.5 Å². The van der Waals surface area contributed by atoms with E-state index in [0.717, 1.165) is 17.4 Å². The Labute approximate surface area is 108 Å². The number of thioether (sulfide) groups is 2. The van der Waals surface area contributed by atoms with Gasteiger partial charge in [0.1, 0.15) is 0 Å². The van der Waals surface area contributed by atoms with Crippen LogP contribution in [0.15, 0.2) is 0 Å². The van der Waals surface area contributed by atoms with Crippen molar-refractivity contribution in [1.82, 2.24) is 0 Å². The molecule has 96 valence electrons. The van der Waals surface area contributed by atoms with Gasteiger partial charge in [-0.1, -0.05) is 25.7 Å². The highest BCUT2D eigenvalue weighted by atomic mass is 32.2. The van der Waals surface area contributed by atoms with E-state index in [-0.39, 0.29) is 6.61 Å². The summed E-state index contributed by atoms with van der Waals surface area (Å²) in [6.07, 6.45) is 7.82. The minimum Gasteiger partial charge on any atom is -0.394 e. The molecule has 0 aromatic carbocycles. The van der Waals surface area contributed by atoms with E-state index in [1.165, 1.54) is 43.6 Å². The first-order valence-electron chi connectivity index (χ1n) is 6.35. The molecule has 1 aliphatic heterocycles. The molecule has 0 aromatic heterocycles. The van der Waals surface area contributed by atoms with Crippen LogP contribution in [0.3, 0.4) is 0 Å². The third-order valence-corrected chi connectivity index (χ3v) is 5.91. The predicted octanol–water partition coefficient (Wildman–Crippen LogP) is 2.88. The molecule has 1 atom stereocenters. The normalized spacial score (nSPS) is 19.9. The summed E-state index contributed by atoms with van der Waals surface area (Å²) in [6.45, 7) is -0.0879. The summed E-state index contributed by atoms with van der Waals surface area (Å²) >= 11 is 4.25. The Kier molecular flexibility index (Phi) is 8.84. The second-order valence-corrected chi connectivity index (χ2v) is 7.27. The van der Waals surface area contributed by atoms with E-state index in [9.17, 15) is 0 Å². The highest BCUT2D eigenvalue weighted by Gasteiger charge is 2.13. The zero-order valence-electron chi connectivity index (χ0n) is 9.94. The van der Waals surface area contributed by atoms with Crippen LogP contribution in [-0.4, -0.2) is 39.0 Å². The molecule has 0 saturated carbocycles. The van der Waals surface area contributed by atoms with E-state index < -0.39 is 6.10 Å². The van der Waals surface area contributed by atoms with Crippen molar-refractivity contribution in [2.24, 2.45) is 0 Å². The van der Waals surface area contributed by atoms with Crippen LogP contribution in [0.4, 0.5) is 0 Å². The van der Waals surface area contributed by atoms with Gasteiger partial charge in [0.15, 0.2) is 0 Å². The van der Waals surface area contributed by atoms with Gasteiger partial charge in [0.25, 0.3) is 0 Å². The van der Waals surface area contributed by atoms with Crippen molar-refractivity contribution < 1.29 is 10.2 Å². The lowest BCUT2D eigenvalue weighted by Gasteiger charge is -2.20. The molecule has 0 spiro atoms. The number of aliphatic hydroxyl groups excluding tert-OH is 2. The molecule has 0 aromatic rings. The van der Waals surface area contributed by atoms with Gasteiger partial charge in [0.05, 0.1) is 17.3 Å². The van der Waals surface area contributed by atoms with Gasteiger partial charge in [-0.25, -0.2) is 0 Å². The van der Waals surface area contributed by atoms with Crippen LogP contribution < -0.4 is 0 Å². The lowest BCUT2D eigenvalue weighted by atomic mass is 10.1. The van der Waals surface area contributed by atoms with Crippen molar-refractivity contribution in [3.63, 3.8) is 0 Å². The molecule has 0 radical (unpaired) electrons. The predicted molar refractivity (Wildman–Crippen MR) is 74.1 cm³/mol.